The third kappa shape index (κ3) is 2.45. The van der Waals surface area contributed by atoms with E-state index in [1.165, 1.54) is 6.42 Å². The maximum absolute atomic E-state index is 8.60. The number of ether oxygens (including phenoxy) is 1. The van der Waals surface area contributed by atoms with E-state index in [0.717, 1.165) is 12.8 Å². The van der Waals surface area contributed by atoms with Crippen molar-refractivity contribution >= 4 is 0 Å². The Morgan fingerprint density at radius 3 is 2.85 bits per heavy atom. The van der Waals surface area contributed by atoms with Gasteiger partial charge in [-0.15, -0.1) is 0 Å². The predicted octanol–water partition coefficient (Wildman–Crippen LogP) is 2.88. The van der Waals surface area contributed by atoms with Crippen LogP contribution in [-0.2, 0) is 4.74 Å². The molecule has 1 heterocycles. The molecule has 13 heavy (non-hydrogen) atoms. The second-order valence-electron chi connectivity index (χ2n) is 4.46. The van der Waals surface area contributed by atoms with E-state index in [4.69, 9.17) is 10.00 Å². The molecule has 0 spiro atoms. The van der Waals surface area contributed by atoms with Gasteiger partial charge in [0.15, 0.2) is 0 Å². The number of hydrogen-bond acceptors (Lipinski definition) is 2. The molecule has 0 aromatic rings. The molecule has 0 aromatic heterocycles. The van der Waals surface area contributed by atoms with Gasteiger partial charge in [-0.3, -0.25) is 0 Å². The highest BCUT2D eigenvalue weighted by molar-refractivity contribution is 4.88. The average molecular weight is 181 g/mol. The van der Waals surface area contributed by atoms with E-state index in [0.29, 0.717) is 12.3 Å². The van der Waals surface area contributed by atoms with Gasteiger partial charge in [-0.1, -0.05) is 13.8 Å². The van der Waals surface area contributed by atoms with E-state index in [1.807, 2.05) is 0 Å². The third-order valence-electron chi connectivity index (χ3n) is 3.18. The zero-order valence-electron chi connectivity index (χ0n) is 8.84. The van der Waals surface area contributed by atoms with E-state index in [2.05, 4.69) is 26.8 Å². The minimum Gasteiger partial charge on any atom is -0.371 e. The highest BCUT2D eigenvalue weighted by Crippen LogP contribution is 2.35. The van der Waals surface area contributed by atoms with Crippen LogP contribution in [0.1, 0.15) is 46.5 Å². The van der Waals surface area contributed by atoms with Crippen molar-refractivity contribution in [2.75, 3.05) is 0 Å². The van der Waals surface area contributed by atoms with Gasteiger partial charge in [0, 0.05) is 0 Å². The second kappa shape index (κ2) is 4.11. The van der Waals surface area contributed by atoms with Crippen LogP contribution in [0.4, 0.5) is 0 Å². The molecular formula is C11H19NO. The molecule has 0 N–H and O–H groups in total. The second-order valence-corrected chi connectivity index (χ2v) is 4.46. The molecule has 2 heteroatoms. The Morgan fingerprint density at radius 1 is 1.62 bits per heavy atom. The summed E-state index contributed by atoms with van der Waals surface area (Å²) in [5.41, 5.74) is -0.000231. The van der Waals surface area contributed by atoms with Crippen LogP contribution in [0, 0.1) is 17.2 Å². The number of nitriles is 1. The molecule has 1 aliphatic heterocycles. The Hall–Kier alpha value is -0.550. The normalized spacial score (nSPS) is 34.5. The minimum absolute atomic E-state index is 0.000231. The molecule has 2 atom stereocenters. The predicted molar refractivity (Wildman–Crippen MR) is 52.2 cm³/mol. The lowest BCUT2D eigenvalue weighted by atomic mass is 9.83. The lowest BCUT2D eigenvalue weighted by Gasteiger charge is -2.41. The smallest absolute Gasteiger partial charge is 0.0712 e. The van der Waals surface area contributed by atoms with Gasteiger partial charge < -0.3 is 4.74 Å². The molecule has 1 aliphatic rings. The maximum Gasteiger partial charge on any atom is 0.0712 e. The molecule has 1 saturated heterocycles. The van der Waals surface area contributed by atoms with E-state index in [1.54, 1.807) is 0 Å². The monoisotopic (exact) mass is 181 g/mol. The zero-order chi connectivity index (χ0) is 9.90. The summed E-state index contributed by atoms with van der Waals surface area (Å²) in [6, 6.07) is 2.19. The van der Waals surface area contributed by atoms with E-state index < -0.39 is 0 Å². The summed E-state index contributed by atoms with van der Waals surface area (Å²) in [5, 5.41) is 8.60. The van der Waals surface area contributed by atoms with Gasteiger partial charge in [0.2, 0.25) is 0 Å². The minimum atomic E-state index is -0.000231. The molecule has 2 nitrogen and oxygen atoms in total. The molecule has 2 unspecified atom stereocenters. The van der Waals surface area contributed by atoms with Crippen LogP contribution in [-0.4, -0.2) is 11.7 Å². The van der Waals surface area contributed by atoms with Gasteiger partial charge in [-0.2, -0.15) is 5.26 Å². The van der Waals surface area contributed by atoms with Gasteiger partial charge in [-0.25, -0.2) is 0 Å². The van der Waals surface area contributed by atoms with Crippen molar-refractivity contribution in [3.63, 3.8) is 0 Å². The number of rotatable bonds is 2. The van der Waals surface area contributed by atoms with Crippen molar-refractivity contribution in [1.82, 2.24) is 0 Å². The van der Waals surface area contributed by atoms with Crippen LogP contribution >= 0.6 is 0 Å². The lowest BCUT2D eigenvalue weighted by molar-refractivity contribution is -0.139. The Kier molecular flexibility index (Phi) is 3.33. The molecule has 74 valence electrons. The van der Waals surface area contributed by atoms with Crippen molar-refractivity contribution in [2.45, 2.75) is 58.2 Å². The summed E-state index contributed by atoms with van der Waals surface area (Å²) in [7, 11) is 0. The van der Waals surface area contributed by atoms with Crippen LogP contribution in [0.2, 0.25) is 0 Å². The highest BCUT2D eigenvalue weighted by Gasteiger charge is 2.35. The van der Waals surface area contributed by atoms with Crippen LogP contribution in [0.25, 0.3) is 0 Å². The van der Waals surface area contributed by atoms with Gasteiger partial charge in [-0.05, 0) is 32.1 Å². The van der Waals surface area contributed by atoms with Crippen molar-refractivity contribution in [3.8, 4) is 6.07 Å². The van der Waals surface area contributed by atoms with E-state index >= 15 is 0 Å². The standard InChI is InChI=1S/C11H19NO/c1-9(2)11(3)7-4-5-10(13-11)6-8-12/h9-10H,4-7H2,1-3H3. The molecule has 1 fully saturated rings. The molecule has 0 aromatic carbocycles. The van der Waals surface area contributed by atoms with E-state index in [-0.39, 0.29) is 11.7 Å². The van der Waals surface area contributed by atoms with Crippen LogP contribution in [0.15, 0.2) is 0 Å². The molecule has 0 amide bonds. The largest absolute Gasteiger partial charge is 0.371 e. The van der Waals surface area contributed by atoms with Gasteiger partial charge in [0.05, 0.1) is 24.2 Å². The maximum atomic E-state index is 8.60. The highest BCUT2D eigenvalue weighted by atomic mass is 16.5. The molecule has 0 radical (unpaired) electrons. The molecule has 0 bridgehead atoms. The van der Waals surface area contributed by atoms with Crippen molar-refractivity contribution in [3.05, 3.63) is 0 Å². The van der Waals surface area contributed by atoms with Crippen molar-refractivity contribution < 1.29 is 4.74 Å². The Balaban J connectivity index is 2.55. The summed E-state index contributed by atoms with van der Waals surface area (Å²) < 4.78 is 5.95. The fourth-order valence-corrected chi connectivity index (χ4v) is 1.85. The first kappa shape index (κ1) is 10.5. The summed E-state index contributed by atoms with van der Waals surface area (Å²) in [4.78, 5) is 0. The number of nitrogens with zero attached hydrogens (tertiary/aromatic N) is 1. The molecule has 0 aliphatic carbocycles. The first-order chi connectivity index (χ1) is 6.08. The summed E-state index contributed by atoms with van der Waals surface area (Å²) in [5.74, 6) is 0.536. The molecule has 0 saturated carbocycles. The fraction of sp³-hybridized carbons (Fsp3) is 0.909. The van der Waals surface area contributed by atoms with Crippen molar-refractivity contribution in [1.29, 1.82) is 5.26 Å². The number of hydrogen-bond donors (Lipinski definition) is 0. The zero-order valence-corrected chi connectivity index (χ0v) is 8.84. The van der Waals surface area contributed by atoms with Gasteiger partial charge >= 0.3 is 0 Å². The van der Waals surface area contributed by atoms with Crippen LogP contribution in [0.3, 0.4) is 0 Å². The topological polar surface area (TPSA) is 33.0 Å². The van der Waals surface area contributed by atoms with Crippen LogP contribution < -0.4 is 0 Å². The average Bonchev–Trinajstić information content (AvgIpc) is 2.04. The van der Waals surface area contributed by atoms with E-state index in [9.17, 15) is 0 Å². The van der Waals surface area contributed by atoms with Gasteiger partial charge in [0.25, 0.3) is 0 Å². The SMILES string of the molecule is CC(C)C1(C)CCCC(CC#N)O1. The molecular weight excluding hydrogens is 162 g/mol. The van der Waals surface area contributed by atoms with Crippen LogP contribution in [0.5, 0.6) is 0 Å². The summed E-state index contributed by atoms with van der Waals surface area (Å²) in [6.07, 6.45) is 4.09. The fourth-order valence-electron chi connectivity index (χ4n) is 1.85. The summed E-state index contributed by atoms with van der Waals surface area (Å²) in [6.45, 7) is 6.55. The Bertz CT molecular complexity index is 207. The lowest BCUT2D eigenvalue weighted by Crippen LogP contribution is -2.42. The first-order valence-electron chi connectivity index (χ1n) is 5.13. The summed E-state index contributed by atoms with van der Waals surface area (Å²) >= 11 is 0. The van der Waals surface area contributed by atoms with Crippen molar-refractivity contribution in [2.24, 2.45) is 5.92 Å². The van der Waals surface area contributed by atoms with Gasteiger partial charge in [0.1, 0.15) is 0 Å². The first-order valence-corrected chi connectivity index (χ1v) is 5.13. The Morgan fingerprint density at radius 2 is 2.31 bits per heavy atom. The molecule has 1 rings (SSSR count). The third-order valence-corrected chi connectivity index (χ3v) is 3.18. The Labute approximate surface area is 80.9 Å². The quantitative estimate of drug-likeness (QED) is 0.656.